The molecule has 0 bridgehead atoms. The third kappa shape index (κ3) is 3.92. The second-order valence-electron chi connectivity index (χ2n) is 3.70. The number of hydrogen-bond acceptors (Lipinski definition) is 5. The third-order valence-corrected chi connectivity index (χ3v) is 3.86. The van der Waals surface area contributed by atoms with Gasteiger partial charge >= 0.3 is 0 Å². The van der Waals surface area contributed by atoms with E-state index >= 15 is 0 Å². The third-order valence-electron chi connectivity index (χ3n) is 2.42. The Morgan fingerprint density at radius 2 is 1.85 bits per heavy atom. The molecule has 0 aliphatic rings. The van der Waals surface area contributed by atoms with Crippen LogP contribution in [-0.2, 0) is 10.0 Å². The lowest BCUT2D eigenvalue weighted by Gasteiger charge is -2.11. The fourth-order valence-electron chi connectivity index (χ4n) is 1.46. The monoisotopic (exact) mass is 304 g/mol. The minimum absolute atomic E-state index is 0.0211. The molecular weight excluding hydrogens is 287 g/mol. The van der Waals surface area contributed by atoms with Crippen LogP contribution in [0.3, 0.4) is 0 Å². The van der Waals surface area contributed by atoms with Crippen molar-refractivity contribution in [2.75, 3.05) is 27.3 Å². The summed E-state index contributed by atoms with van der Waals surface area (Å²) in [5.74, 6) is -0.670. The van der Waals surface area contributed by atoms with E-state index in [-0.39, 0.29) is 18.0 Å². The summed E-state index contributed by atoms with van der Waals surface area (Å²) in [6.45, 7) is 0.319. The number of ether oxygens (including phenoxy) is 2. The van der Waals surface area contributed by atoms with Gasteiger partial charge in [-0.3, -0.25) is 0 Å². The molecule has 1 aromatic rings. The number of benzene rings is 1. The van der Waals surface area contributed by atoms with E-state index in [0.717, 1.165) is 12.1 Å². The Bertz CT molecular complexity index is 587. The number of nitrogens with two attached hydrogens (primary N) is 1. The zero-order valence-electron chi connectivity index (χ0n) is 11.2. The summed E-state index contributed by atoms with van der Waals surface area (Å²) in [6.07, 6.45) is 3.13. The summed E-state index contributed by atoms with van der Waals surface area (Å²) < 4.78 is 49.9. The maximum atomic E-state index is 13.8. The standard InChI is InChI=1S/C12H17FN2O4S/c1-18-10-7-9(13)12(8-11(10)19-2)20(16,17)15-6-4-3-5-14/h3-4,7-8,15H,5-6,14H2,1-2H3/b4-3+. The molecule has 0 fully saturated rings. The number of hydrogen-bond donors (Lipinski definition) is 2. The average Bonchev–Trinajstić information content (AvgIpc) is 2.43. The SMILES string of the molecule is COc1cc(F)c(S(=O)(=O)NC/C=C/CN)cc1OC. The molecule has 0 spiro atoms. The lowest BCUT2D eigenvalue weighted by molar-refractivity contribution is 0.350. The zero-order chi connectivity index (χ0) is 15.2. The van der Waals surface area contributed by atoms with Crippen molar-refractivity contribution in [2.45, 2.75) is 4.90 Å². The molecule has 0 amide bonds. The minimum atomic E-state index is -3.98. The fraction of sp³-hybridized carbons (Fsp3) is 0.333. The first-order chi connectivity index (χ1) is 9.46. The number of halogens is 1. The molecule has 112 valence electrons. The number of nitrogens with one attached hydrogen (secondary N) is 1. The first-order valence-corrected chi connectivity index (χ1v) is 7.20. The Morgan fingerprint density at radius 1 is 1.25 bits per heavy atom. The van der Waals surface area contributed by atoms with Gasteiger partial charge in [0.25, 0.3) is 0 Å². The van der Waals surface area contributed by atoms with Gasteiger partial charge < -0.3 is 15.2 Å². The average molecular weight is 304 g/mol. The Kier molecular flexibility index (Phi) is 5.93. The molecule has 6 nitrogen and oxygen atoms in total. The minimum Gasteiger partial charge on any atom is -0.493 e. The second kappa shape index (κ2) is 7.22. The van der Waals surface area contributed by atoms with Gasteiger partial charge in [-0.05, 0) is 0 Å². The summed E-state index contributed by atoms with van der Waals surface area (Å²) >= 11 is 0. The van der Waals surface area contributed by atoms with Crippen LogP contribution in [0.15, 0.2) is 29.2 Å². The molecule has 0 aliphatic carbocycles. The highest BCUT2D eigenvalue weighted by molar-refractivity contribution is 7.89. The molecule has 1 aromatic carbocycles. The van der Waals surface area contributed by atoms with Gasteiger partial charge in [0, 0.05) is 25.2 Å². The van der Waals surface area contributed by atoms with Crippen molar-refractivity contribution in [1.82, 2.24) is 4.72 Å². The van der Waals surface area contributed by atoms with Gasteiger partial charge in [0.2, 0.25) is 10.0 Å². The van der Waals surface area contributed by atoms with Crippen LogP contribution in [0.25, 0.3) is 0 Å². The van der Waals surface area contributed by atoms with Crippen molar-refractivity contribution < 1.29 is 22.3 Å². The van der Waals surface area contributed by atoms with Crippen LogP contribution in [0.5, 0.6) is 11.5 Å². The number of sulfonamides is 1. The molecular formula is C12H17FN2O4S. The topological polar surface area (TPSA) is 90.7 Å². The molecule has 1 rings (SSSR count). The summed E-state index contributed by atoms with van der Waals surface area (Å²) in [5.41, 5.74) is 5.23. The van der Waals surface area contributed by atoms with Crippen LogP contribution in [-0.4, -0.2) is 35.7 Å². The first kappa shape index (κ1) is 16.4. The van der Waals surface area contributed by atoms with Crippen LogP contribution in [0.2, 0.25) is 0 Å². The molecule has 0 atom stereocenters. The van der Waals surface area contributed by atoms with Crippen molar-refractivity contribution >= 4 is 10.0 Å². The Morgan fingerprint density at radius 3 is 2.40 bits per heavy atom. The molecule has 8 heteroatoms. The van der Waals surface area contributed by atoms with Crippen LogP contribution in [0.1, 0.15) is 0 Å². The Labute approximate surface area is 117 Å². The molecule has 3 N–H and O–H groups in total. The molecule has 20 heavy (non-hydrogen) atoms. The van der Waals surface area contributed by atoms with Gasteiger partial charge in [-0.15, -0.1) is 0 Å². The van der Waals surface area contributed by atoms with Crippen LogP contribution in [0.4, 0.5) is 4.39 Å². The van der Waals surface area contributed by atoms with Crippen LogP contribution >= 0.6 is 0 Å². The smallest absolute Gasteiger partial charge is 0.243 e. The summed E-state index contributed by atoms with van der Waals surface area (Å²) in [4.78, 5) is -0.503. The van der Waals surface area contributed by atoms with Crippen LogP contribution < -0.4 is 19.9 Å². The van der Waals surface area contributed by atoms with E-state index < -0.39 is 20.7 Å². The van der Waals surface area contributed by atoms with Crippen molar-refractivity contribution in [3.05, 3.63) is 30.1 Å². The summed E-state index contributed by atoms with van der Waals surface area (Å²) in [6, 6.07) is 2.03. The second-order valence-corrected chi connectivity index (χ2v) is 5.43. The quantitative estimate of drug-likeness (QED) is 0.721. The lowest BCUT2D eigenvalue weighted by Crippen LogP contribution is -2.25. The van der Waals surface area contributed by atoms with Gasteiger partial charge in [-0.1, -0.05) is 12.2 Å². The summed E-state index contributed by atoms with van der Waals surface area (Å²) in [5, 5.41) is 0. The molecule has 0 unspecified atom stereocenters. The van der Waals surface area contributed by atoms with Crippen molar-refractivity contribution in [1.29, 1.82) is 0 Å². The summed E-state index contributed by atoms with van der Waals surface area (Å²) in [7, 11) is -1.31. The maximum Gasteiger partial charge on any atom is 0.243 e. The van der Waals surface area contributed by atoms with Gasteiger partial charge in [0.15, 0.2) is 11.5 Å². The maximum absolute atomic E-state index is 13.8. The fourth-order valence-corrected chi connectivity index (χ4v) is 2.51. The highest BCUT2D eigenvalue weighted by Crippen LogP contribution is 2.31. The van der Waals surface area contributed by atoms with E-state index in [9.17, 15) is 12.8 Å². The predicted molar refractivity (Wildman–Crippen MR) is 72.9 cm³/mol. The largest absolute Gasteiger partial charge is 0.493 e. The van der Waals surface area contributed by atoms with Gasteiger partial charge in [0.05, 0.1) is 14.2 Å². The highest BCUT2D eigenvalue weighted by atomic mass is 32.2. The molecule has 0 aliphatic heterocycles. The molecule has 0 saturated carbocycles. The normalized spacial score (nSPS) is 11.8. The van der Waals surface area contributed by atoms with E-state index in [0.29, 0.717) is 6.54 Å². The van der Waals surface area contributed by atoms with Crippen molar-refractivity contribution in [3.63, 3.8) is 0 Å². The molecule has 0 heterocycles. The van der Waals surface area contributed by atoms with Crippen molar-refractivity contribution in [2.24, 2.45) is 5.73 Å². The van der Waals surface area contributed by atoms with Gasteiger partial charge in [-0.25, -0.2) is 17.5 Å². The highest BCUT2D eigenvalue weighted by Gasteiger charge is 2.21. The van der Waals surface area contributed by atoms with E-state index in [1.54, 1.807) is 6.08 Å². The molecule has 0 radical (unpaired) electrons. The Hall–Kier alpha value is -1.64. The van der Waals surface area contributed by atoms with Crippen molar-refractivity contribution in [3.8, 4) is 11.5 Å². The van der Waals surface area contributed by atoms with Crippen LogP contribution in [0, 0.1) is 5.82 Å². The van der Waals surface area contributed by atoms with Gasteiger partial charge in [-0.2, -0.15) is 0 Å². The van der Waals surface area contributed by atoms with Gasteiger partial charge in [0.1, 0.15) is 10.7 Å². The molecule has 0 saturated heterocycles. The number of methoxy groups -OCH3 is 2. The Balaban J connectivity index is 3.08. The lowest BCUT2D eigenvalue weighted by atomic mass is 10.3. The first-order valence-electron chi connectivity index (χ1n) is 5.72. The van der Waals surface area contributed by atoms with E-state index in [1.165, 1.54) is 20.3 Å². The van der Waals surface area contributed by atoms with E-state index in [4.69, 9.17) is 15.2 Å². The predicted octanol–water partition coefficient (Wildman–Crippen LogP) is 0.636. The van der Waals surface area contributed by atoms with E-state index in [2.05, 4.69) is 4.72 Å². The number of rotatable bonds is 7. The zero-order valence-corrected chi connectivity index (χ0v) is 12.0. The van der Waals surface area contributed by atoms with E-state index in [1.807, 2.05) is 0 Å². The molecule has 0 aromatic heterocycles.